The Labute approximate surface area is 173 Å². The predicted octanol–water partition coefficient (Wildman–Crippen LogP) is 5.97. The van der Waals surface area contributed by atoms with Crippen molar-refractivity contribution < 1.29 is 0 Å². The average Bonchev–Trinajstić information content (AvgIpc) is 2.71. The summed E-state index contributed by atoms with van der Waals surface area (Å²) in [6.07, 6.45) is 10.3. The fraction of sp³-hybridized carbons (Fsp3) is 0.583. The van der Waals surface area contributed by atoms with Crippen molar-refractivity contribution in [3.8, 4) is 11.3 Å². The molecule has 1 fully saturated rings. The number of benzene rings is 1. The number of hydrogen-bond acceptors (Lipinski definition) is 3. The molecule has 0 unspecified atom stereocenters. The molecule has 2 aromatic rings. The molecule has 0 aliphatic heterocycles. The molecule has 2 aliphatic carbocycles. The van der Waals surface area contributed by atoms with E-state index in [1.54, 1.807) is 11.8 Å². The molecule has 0 radical (unpaired) electrons. The van der Waals surface area contributed by atoms with Gasteiger partial charge in [0.2, 0.25) is 0 Å². The van der Waals surface area contributed by atoms with Crippen LogP contribution in [-0.2, 0) is 18.4 Å². The minimum Gasteiger partial charge on any atom is -0.287 e. The molecule has 1 saturated carbocycles. The molecule has 0 atom stereocenters. The number of fused-ring (bicyclic) bond motifs is 4. The summed E-state index contributed by atoms with van der Waals surface area (Å²) >= 11 is 1.76. The zero-order valence-electron chi connectivity index (χ0n) is 17.3. The van der Waals surface area contributed by atoms with Crippen LogP contribution >= 0.6 is 11.8 Å². The lowest BCUT2D eigenvalue weighted by Crippen LogP contribution is -2.43. The zero-order chi connectivity index (χ0) is 19.6. The largest absolute Gasteiger partial charge is 0.287 e. The Kier molecular flexibility index (Phi) is 5.96. The molecule has 1 spiro atoms. The quantitative estimate of drug-likeness (QED) is 0.343. The highest BCUT2D eigenvalue weighted by Crippen LogP contribution is 2.48. The Balaban J connectivity index is 1.92. The second kappa shape index (κ2) is 8.44. The second-order valence-electron chi connectivity index (χ2n) is 8.45. The number of rotatable bonds is 6. The lowest BCUT2D eigenvalue weighted by atomic mass is 9.62. The molecule has 1 aromatic heterocycles. The highest BCUT2D eigenvalue weighted by Gasteiger charge is 2.43. The highest BCUT2D eigenvalue weighted by molar-refractivity contribution is 7.99. The monoisotopic (exact) mass is 396 g/mol. The smallest absolute Gasteiger partial charge is 0.258 e. The normalized spacial score (nSPS) is 17.4. The van der Waals surface area contributed by atoms with E-state index in [4.69, 9.17) is 4.98 Å². The molecule has 0 amide bonds. The van der Waals surface area contributed by atoms with E-state index >= 15 is 0 Å². The molecule has 150 valence electrons. The van der Waals surface area contributed by atoms with Crippen molar-refractivity contribution in [3.05, 3.63) is 45.7 Å². The fourth-order valence-electron chi connectivity index (χ4n) is 5.06. The maximum Gasteiger partial charge on any atom is 0.258 e. The molecule has 28 heavy (non-hydrogen) atoms. The molecular formula is C24H32N2OS. The lowest BCUT2D eigenvalue weighted by molar-refractivity contribution is 0.282. The van der Waals surface area contributed by atoms with E-state index in [1.807, 2.05) is 4.57 Å². The van der Waals surface area contributed by atoms with Gasteiger partial charge in [-0.15, -0.1) is 0 Å². The molecule has 4 rings (SSSR count). The van der Waals surface area contributed by atoms with Gasteiger partial charge >= 0.3 is 0 Å². The molecule has 2 aliphatic rings. The Morgan fingerprint density at radius 2 is 1.89 bits per heavy atom. The van der Waals surface area contributed by atoms with Crippen LogP contribution in [0.5, 0.6) is 0 Å². The van der Waals surface area contributed by atoms with Crippen LogP contribution in [0.1, 0.15) is 76.3 Å². The minimum atomic E-state index is -0.00583. The molecule has 1 heterocycles. The molecule has 0 saturated heterocycles. The summed E-state index contributed by atoms with van der Waals surface area (Å²) in [4.78, 5) is 19.0. The number of hydrogen-bond donors (Lipinski definition) is 0. The van der Waals surface area contributed by atoms with Gasteiger partial charge in [0.05, 0.1) is 11.3 Å². The standard InChI is InChI=1S/C24H32N2OS/c1-3-5-16-28-23-25-21-19-12-8-7-11-18(19)17-24(13-9-6-10-14-24)20(21)22(27)26(23)15-4-2/h7-8,11-12H,3-6,9-10,13-17H2,1-2H3. The van der Waals surface area contributed by atoms with Crippen molar-refractivity contribution in [2.24, 2.45) is 0 Å². The van der Waals surface area contributed by atoms with Crippen LogP contribution in [-0.4, -0.2) is 15.3 Å². The summed E-state index contributed by atoms with van der Waals surface area (Å²) in [5.41, 5.74) is 4.81. The Morgan fingerprint density at radius 3 is 2.64 bits per heavy atom. The van der Waals surface area contributed by atoms with Gasteiger partial charge in [-0.05, 0) is 37.7 Å². The first-order valence-electron chi connectivity index (χ1n) is 11.1. The van der Waals surface area contributed by atoms with E-state index in [9.17, 15) is 4.79 Å². The Morgan fingerprint density at radius 1 is 1.11 bits per heavy atom. The maximum absolute atomic E-state index is 13.8. The summed E-state index contributed by atoms with van der Waals surface area (Å²) in [5.74, 6) is 1.03. The van der Waals surface area contributed by atoms with Crippen LogP contribution in [0.15, 0.2) is 34.2 Å². The average molecular weight is 397 g/mol. The number of thioether (sulfide) groups is 1. The summed E-state index contributed by atoms with van der Waals surface area (Å²) in [6.45, 7) is 5.13. The first-order chi connectivity index (χ1) is 13.7. The van der Waals surface area contributed by atoms with Gasteiger partial charge in [-0.1, -0.05) is 75.6 Å². The van der Waals surface area contributed by atoms with Gasteiger partial charge in [-0.25, -0.2) is 4.98 Å². The lowest BCUT2D eigenvalue weighted by Gasteiger charge is -2.42. The van der Waals surface area contributed by atoms with Gasteiger partial charge in [-0.3, -0.25) is 9.36 Å². The Hall–Kier alpha value is -1.55. The third-order valence-electron chi connectivity index (χ3n) is 6.45. The topological polar surface area (TPSA) is 34.9 Å². The van der Waals surface area contributed by atoms with E-state index in [2.05, 4.69) is 38.1 Å². The van der Waals surface area contributed by atoms with Crippen molar-refractivity contribution in [1.82, 2.24) is 9.55 Å². The van der Waals surface area contributed by atoms with Gasteiger partial charge in [0.15, 0.2) is 5.16 Å². The van der Waals surface area contributed by atoms with Crippen LogP contribution in [0.2, 0.25) is 0 Å². The minimum absolute atomic E-state index is 0.00583. The van der Waals surface area contributed by atoms with Crippen molar-refractivity contribution in [3.63, 3.8) is 0 Å². The fourth-order valence-corrected chi connectivity index (χ4v) is 6.16. The summed E-state index contributed by atoms with van der Waals surface area (Å²) in [7, 11) is 0. The van der Waals surface area contributed by atoms with Crippen LogP contribution in [0.3, 0.4) is 0 Å². The maximum atomic E-state index is 13.8. The van der Waals surface area contributed by atoms with Crippen LogP contribution in [0.25, 0.3) is 11.3 Å². The first-order valence-corrected chi connectivity index (χ1v) is 12.0. The van der Waals surface area contributed by atoms with Gasteiger partial charge in [-0.2, -0.15) is 0 Å². The predicted molar refractivity (Wildman–Crippen MR) is 118 cm³/mol. The van der Waals surface area contributed by atoms with Crippen LogP contribution in [0.4, 0.5) is 0 Å². The third kappa shape index (κ3) is 3.45. The van der Waals surface area contributed by atoms with E-state index < -0.39 is 0 Å². The number of nitrogens with zero attached hydrogens (tertiary/aromatic N) is 2. The van der Waals surface area contributed by atoms with Crippen molar-refractivity contribution in [2.45, 2.75) is 88.8 Å². The number of aromatic nitrogens is 2. The molecule has 0 N–H and O–H groups in total. The van der Waals surface area contributed by atoms with Crippen molar-refractivity contribution >= 4 is 11.8 Å². The highest BCUT2D eigenvalue weighted by atomic mass is 32.2. The molecule has 3 nitrogen and oxygen atoms in total. The summed E-state index contributed by atoms with van der Waals surface area (Å²) in [5, 5.41) is 0.918. The molecule has 0 bridgehead atoms. The van der Waals surface area contributed by atoms with Gasteiger partial charge < -0.3 is 0 Å². The zero-order valence-corrected chi connectivity index (χ0v) is 18.1. The van der Waals surface area contributed by atoms with Crippen molar-refractivity contribution in [1.29, 1.82) is 0 Å². The van der Waals surface area contributed by atoms with Gasteiger partial charge in [0.25, 0.3) is 5.56 Å². The van der Waals surface area contributed by atoms with E-state index in [-0.39, 0.29) is 11.0 Å². The van der Waals surface area contributed by atoms with E-state index in [0.717, 1.165) is 60.8 Å². The molecule has 1 aromatic carbocycles. The third-order valence-corrected chi connectivity index (χ3v) is 7.52. The SMILES string of the molecule is CCCCSc1nc2c(c(=O)n1CCC)C1(CCCCC1)Cc1ccccc1-2. The van der Waals surface area contributed by atoms with Crippen LogP contribution < -0.4 is 5.56 Å². The number of unbranched alkanes of at least 4 members (excludes halogenated alkanes) is 1. The van der Waals surface area contributed by atoms with Gasteiger partial charge in [0, 0.05) is 23.3 Å². The summed E-state index contributed by atoms with van der Waals surface area (Å²) < 4.78 is 1.99. The van der Waals surface area contributed by atoms with Crippen molar-refractivity contribution in [2.75, 3.05) is 5.75 Å². The molecular weight excluding hydrogens is 364 g/mol. The summed E-state index contributed by atoms with van der Waals surface area (Å²) in [6, 6.07) is 8.64. The second-order valence-corrected chi connectivity index (χ2v) is 9.51. The molecule has 4 heteroatoms. The Bertz CT molecular complexity index is 896. The van der Waals surface area contributed by atoms with E-state index in [1.165, 1.54) is 36.8 Å². The first kappa shape index (κ1) is 19.8. The van der Waals surface area contributed by atoms with Crippen LogP contribution in [0, 0.1) is 0 Å². The van der Waals surface area contributed by atoms with Gasteiger partial charge in [0.1, 0.15) is 0 Å². The van der Waals surface area contributed by atoms with E-state index in [0.29, 0.717) is 0 Å².